The highest BCUT2D eigenvalue weighted by Crippen LogP contribution is 2.47. The Hall–Kier alpha value is -0.870. The minimum Gasteiger partial charge on any atom is -0.456 e. The molecular weight excluding hydrogens is 208 g/mol. The fourth-order valence-corrected chi connectivity index (χ4v) is 2.59. The maximum absolute atomic E-state index is 11.1. The van der Waals surface area contributed by atoms with Crippen LogP contribution in [0.25, 0.3) is 0 Å². The van der Waals surface area contributed by atoms with Crippen LogP contribution in [0.5, 0.6) is 0 Å². The highest BCUT2D eigenvalue weighted by atomic mass is 16.6. The third-order valence-corrected chi connectivity index (χ3v) is 3.89. The van der Waals surface area contributed by atoms with Crippen LogP contribution in [-0.4, -0.2) is 36.5 Å². The molecule has 4 heteroatoms. The standard InChI is InChI=1S/C12H18O4/c1-3-11(14)16-10-5-12(6-15-7-12)8(2)4-9(10)13/h3,8-10,13H,1,4-7H2,2H3. The summed E-state index contributed by atoms with van der Waals surface area (Å²) in [5, 5.41) is 9.88. The molecule has 4 nitrogen and oxygen atoms in total. The van der Waals surface area contributed by atoms with Crippen LogP contribution >= 0.6 is 0 Å². The molecule has 0 aromatic heterocycles. The summed E-state index contributed by atoms with van der Waals surface area (Å²) in [6.45, 7) is 6.90. The topological polar surface area (TPSA) is 55.8 Å². The zero-order chi connectivity index (χ0) is 11.8. The quantitative estimate of drug-likeness (QED) is 0.561. The predicted molar refractivity (Wildman–Crippen MR) is 57.7 cm³/mol. The molecule has 0 radical (unpaired) electrons. The molecule has 3 atom stereocenters. The third kappa shape index (κ3) is 1.87. The molecule has 90 valence electrons. The van der Waals surface area contributed by atoms with E-state index in [9.17, 15) is 9.90 Å². The van der Waals surface area contributed by atoms with Gasteiger partial charge in [-0.1, -0.05) is 13.5 Å². The second-order valence-corrected chi connectivity index (χ2v) is 4.94. The average Bonchev–Trinajstić information content (AvgIpc) is 2.19. The van der Waals surface area contributed by atoms with E-state index in [2.05, 4.69) is 13.5 Å². The third-order valence-electron chi connectivity index (χ3n) is 3.89. The number of carbonyl (C=O) groups excluding carboxylic acids is 1. The van der Waals surface area contributed by atoms with E-state index in [1.54, 1.807) is 0 Å². The van der Waals surface area contributed by atoms with E-state index >= 15 is 0 Å². The SMILES string of the molecule is C=CC(=O)OC1CC2(COC2)C(C)CC1O. The van der Waals surface area contributed by atoms with Crippen molar-refractivity contribution in [1.29, 1.82) is 0 Å². The first-order valence-corrected chi connectivity index (χ1v) is 5.66. The zero-order valence-electron chi connectivity index (χ0n) is 9.52. The van der Waals surface area contributed by atoms with Gasteiger partial charge in [-0.2, -0.15) is 0 Å². The van der Waals surface area contributed by atoms with Crippen molar-refractivity contribution in [2.45, 2.75) is 32.0 Å². The Kier molecular flexibility index (Phi) is 3.04. The second kappa shape index (κ2) is 4.18. The summed E-state index contributed by atoms with van der Waals surface area (Å²) in [7, 11) is 0. The van der Waals surface area contributed by atoms with E-state index in [0.29, 0.717) is 32.0 Å². The lowest BCUT2D eigenvalue weighted by molar-refractivity contribution is -0.207. The predicted octanol–water partition coefficient (Wildman–Crippen LogP) is 0.892. The number of hydrogen-bond donors (Lipinski definition) is 1. The summed E-state index contributed by atoms with van der Waals surface area (Å²) in [6.07, 6.45) is 1.51. The van der Waals surface area contributed by atoms with Crippen LogP contribution in [0, 0.1) is 11.3 Å². The normalized spacial score (nSPS) is 36.5. The van der Waals surface area contributed by atoms with E-state index in [-0.39, 0.29) is 5.41 Å². The Bertz CT molecular complexity index is 295. The Morgan fingerprint density at radius 2 is 2.31 bits per heavy atom. The van der Waals surface area contributed by atoms with Crippen LogP contribution in [0.3, 0.4) is 0 Å². The Morgan fingerprint density at radius 3 is 2.81 bits per heavy atom. The van der Waals surface area contributed by atoms with Crippen molar-refractivity contribution in [2.75, 3.05) is 13.2 Å². The van der Waals surface area contributed by atoms with E-state index in [1.807, 2.05) is 0 Å². The first kappa shape index (κ1) is 11.6. The molecule has 0 amide bonds. The second-order valence-electron chi connectivity index (χ2n) is 4.94. The molecule has 1 aliphatic heterocycles. The van der Waals surface area contributed by atoms with Crippen LogP contribution in [0.1, 0.15) is 19.8 Å². The highest BCUT2D eigenvalue weighted by molar-refractivity contribution is 5.81. The monoisotopic (exact) mass is 226 g/mol. The fourth-order valence-electron chi connectivity index (χ4n) is 2.59. The lowest BCUT2D eigenvalue weighted by Gasteiger charge is -2.52. The smallest absolute Gasteiger partial charge is 0.330 e. The summed E-state index contributed by atoms with van der Waals surface area (Å²) in [4.78, 5) is 11.1. The number of rotatable bonds is 2. The molecule has 0 aromatic rings. The number of hydrogen-bond acceptors (Lipinski definition) is 4. The minimum absolute atomic E-state index is 0.103. The van der Waals surface area contributed by atoms with Crippen LogP contribution in [0.15, 0.2) is 12.7 Å². The zero-order valence-corrected chi connectivity index (χ0v) is 9.52. The highest BCUT2D eigenvalue weighted by Gasteiger charge is 2.51. The van der Waals surface area contributed by atoms with Gasteiger partial charge >= 0.3 is 5.97 Å². The van der Waals surface area contributed by atoms with Gasteiger partial charge in [0.2, 0.25) is 0 Å². The van der Waals surface area contributed by atoms with E-state index in [0.717, 1.165) is 6.08 Å². The molecule has 2 fully saturated rings. The molecule has 1 N–H and O–H groups in total. The molecule has 1 spiro atoms. The van der Waals surface area contributed by atoms with Gasteiger partial charge in [0.15, 0.2) is 0 Å². The number of carbonyl (C=O) groups is 1. The van der Waals surface area contributed by atoms with Crippen molar-refractivity contribution >= 4 is 5.97 Å². The fraction of sp³-hybridized carbons (Fsp3) is 0.750. The molecule has 0 aromatic carbocycles. The Balaban J connectivity index is 2.02. The van der Waals surface area contributed by atoms with Gasteiger partial charge in [-0.3, -0.25) is 0 Å². The van der Waals surface area contributed by atoms with Gasteiger partial charge in [0.1, 0.15) is 6.10 Å². The molecule has 1 saturated heterocycles. The summed E-state index contributed by atoms with van der Waals surface area (Å²) in [5.41, 5.74) is 0.103. The van der Waals surface area contributed by atoms with Crippen molar-refractivity contribution in [2.24, 2.45) is 11.3 Å². The van der Waals surface area contributed by atoms with Gasteiger partial charge in [-0.05, 0) is 18.8 Å². The van der Waals surface area contributed by atoms with Gasteiger partial charge in [0, 0.05) is 11.5 Å². The number of aliphatic hydroxyl groups excluding tert-OH is 1. The molecule has 1 heterocycles. The van der Waals surface area contributed by atoms with E-state index in [1.165, 1.54) is 0 Å². The van der Waals surface area contributed by atoms with Crippen LogP contribution in [-0.2, 0) is 14.3 Å². The van der Waals surface area contributed by atoms with Crippen LogP contribution < -0.4 is 0 Å². The first-order chi connectivity index (χ1) is 7.57. The molecule has 3 unspecified atom stereocenters. The van der Waals surface area contributed by atoms with Gasteiger partial charge in [-0.15, -0.1) is 0 Å². The van der Waals surface area contributed by atoms with Crippen molar-refractivity contribution in [3.8, 4) is 0 Å². The molecule has 2 aliphatic rings. The van der Waals surface area contributed by atoms with E-state index in [4.69, 9.17) is 9.47 Å². The molecule has 1 aliphatic carbocycles. The lowest BCUT2D eigenvalue weighted by Crippen LogP contribution is -2.56. The van der Waals surface area contributed by atoms with Crippen molar-refractivity contribution in [1.82, 2.24) is 0 Å². The molecule has 16 heavy (non-hydrogen) atoms. The van der Waals surface area contributed by atoms with Gasteiger partial charge in [0.25, 0.3) is 0 Å². The summed E-state index contributed by atoms with van der Waals surface area (Å²) < 4.78 is 10.4. The summed E-state index contributed by atoms with van der Waals surface area (Å²) in [5.74, 6) is -0.0519. The number of aliphatic hydroxyl groups is 1. The number of ether oxygens (including phenoxy) is 2. The number of esters is 1. The minimum atomic E-state index is -0.565. The first-order valence-electron chi connectivity index (χ1n) is 5.66. The maximum atomic E-state index is 11.1. The van der Waals surface area contributed by atoms with Crippen molar-refractivity contribution in [3.05, 3.63) is 12.7 Å². The van der Waals surface area contributed by atoms with Gasteiger partial charge in [0.05, 0.1) is 19.3 Å². The Labute approximate surface area is 95.2 Å². The van der Waals surface area contributed by atoms with Crippen molar-refractivity contribution in [3.63, 3.8) is 0 Å². The van der Waals surface area contributed by atoms with Gasteiger partial charge < -0.3 is 14.6 Å². The molecule has 0 bridgehead atoms. The summed E-state index contributed by atoms with van der Waals surface area (Å²) in [6, 6.07) is 0. The van der Waals surface area contributed by atoms with E-state index < -0.39 is 18.2 Å². The summed E-state index contributed by atoms with van der Waals surface area (Å²) >= 11 is 0. The average molecular weight is 226 g/mol. The van der Waals surface area contributed by atoms with Crippen molar-refractivity contribution < 1.29 is 19.4 Å². The molecule has 2 rings (SSSR count). The maximum Gasteiger partial charge on any atom is 0.330 e. The van der Waals surface area contributed by atoms with Crippen LogP contribution in [0.4, 0.5) is 0 Å². The van der Waals surface area contributed by atoms with Gasteiger partial charge in [-0.25, -0.2) is 4.79 Å². The molecule has 1 saturated carbocycles. The molecular formula is C12H18O4. The lowest BCUT2D eigenvalue weighted by atomic mass is 9.64. The largest absolute Gasteiger partial charge is 0.456 e. The Morgan fingerprint density at radius 1 is 1.62 bits per heavy atom. The van der Waals surface area contributed by atoms with Crippen LogP contribution in [0.2, 0.25) is 0 Å².